The lowest BCUT2D eigenvalue weighted by atomic mass is 9.58. The van der Waals surface area contributed by atoms with Crippen LogP contribution < -0.4 is 16.2 Å². The van der Waals surface area contributed by atoms with Gasteiger partial charge < -0.3 is 14.3 Å². The average molecular weight is 652 g/mol. The number of hydrogen-bond acceptors (Lipinski definition) is 3. The molecule has 238 valence electrons. The Hall–Kier alpha value is -6.59. The van der Waals surface area contributed by atoms with E-state index in [4.69, 9.17) is 9.40 Å². The molecular formula is C46H30BN3O. The summed E-state index contributed by atoms with van der Waals surface area (Å²) in [7, 11) is 0.760. The fourth-order valence-corrected chi connectivity index (χ4v) is 8.38. The lowest BCUT2D eigenvalue weighted by molar-refractivity contribution is 0.620. The molecule has 2 aromatic heterocycles. The molecule has 10 aromatic rings. The number of aryl methyl sites for hydroxylation is 1. The summed E-state index contributed by atoms with van der Waals surface area (Å²) in [6, 6.07) is 54.3. The molecule has 0 radical (unpaired) electrons. The summed E-state index contributed by atoms with van der Waals surface area (Å²) in [4.78, 5) is 5.02. The number of para-hydroxylation sites is 1. The zero-order valence-electron chi connectivity index (χ0n) is 27.9. The van der Waals surface area contributed by atoms with Crippen LogP contribution in [0.25, 0.3) is 82.7 Å². The van der Waals surface area contributed by atoms with Crippen LogP contribution in [0.15, 0.2) is 156 Å². The summed E-state index contributed by atoms with van der Waals surface area (Å²) in [6.45, 7) is 2.12. The summed E-state index contributed by atoms with van der Waals surface area (Å²) in [5.74, 6) is 0.640. The Bertz CT molecular complexity index is 3030. The Labute approximate surface area is 294 Å². The van der Waals surface area contributed by atoms with Crippen LogP contribution in [-0.2, 0) is 0 Å². The first-order valence-corrected chi connectivity index (χ1v) is 17.5. The molecule has 0 bridgehead atoms. The molecule has 8 aromatic carbocycles. The molecule has 0 amide bonds. The van der Waals surface area contributed by atoms with Gasteiger partial charge in [0.25, 0.3) is 0 Å². The van der Waals surface area contributed by atoms with Crippen LogP contribution in [0.2, 0.25) is 0 Å². The van der Waals surface area contributed by atoms with Crippen molar-refractivity contribution in [2.24, 2.45) is 0 Å². The molecule has 0 aliphatic carbocycles. The fraction of sp³-hybridized carbons (Fsp3) is 0.0217. The van der Waals surface area contributed by atoms with E-state index in [2.05, 4.69) is 150 Å². The second-order valence-electron chi connectivity index (χ2n) is 13.7. The third-order valence-corrected chi connectivity index (χ3v) is 10.7. The monoisotopic (exact) mass is 651 g/mol. The summed E-state index contributed by atoms with van der Waals surface area (Å²) < 4.78 is 9.00. The van der Waals surface area contributed by atoms with Crippen molar-refractivity contribution >= 4 is 84.0 Å². The van der Waals surface area contributed by atoms with Gasteiger partial charge in [-0.25, -0.2) is 4.98 Å². The van der Waals surface area contributed by atoms with Gasteiger partial charge in [0, 0.05) is 49.9 Å². The van der Waals surface area contributed by atoms with Crippen molar-refractivity contribution in [2.45, 2.75) is 6.92 Å². The molecule has 11 rings (SSSR count). The summed E-state index contributed by atoms with van der Waals surface area (Å²) in [6.07, 6.45) is 0. The molecule has 51 heavy (non-hydrogen) atoms. The summed E-state index contributed by atoms with van der Waals surface area (Å²) in [5.41, 5.74) is 14.7. The normalized spacial score (nSPS) is 12.2. The number of nitrogens with one attached hydrogen (secondary N) is 1. The quantitative estimate of drug-likeness (QED) is 0.193. The minimum absolute atomic E-state index is 0.640. The first kappa shape index (κ1) is 28.3. The van der Waals surface area contributed by atoms with E-state index in [-0.39, 0.29) is 0 Å². The largest absolute Gasteiger partial charge is 0.436 e. The number of aromatic nitrogens is 2. The number of rotatable bonds is 4. The van der Waals surface area contributed by atoms with E-state index < -0.39 is 0 Å². The smallest absolute Gasteiger partial charge is 0.227 e. The van der Waals surface area contributed by atoms with Gasteiger partial charge in [-0.1, -0.05) is 120 Å². The van der Waals surface area contributed by atoms with E-state index in [1.807, 2.05) is 18.2 Å². The maximum atomic E-state index is 6.47. The lowest BCUT2D eigenvalue weighted by Gasteiger charge is -2.25. The highest BCUT2D eigenvalue weighted by Crippen LogP contribution is 2.45. The number of benzene rings is 8. The zero-order valence-corrected chi connectivity index (χ0v) is 27.9. The molecule has 0 fully saturated rings. The Morgan fingerprint density at radius 3 is 2.25 bits per heavy atom. The van der Waals surface area contributed by atoms with Gasteiger partial charge in [-0.05, 0) is 76.6 Å². The lowest BCUT2D eigenvalue weighted by Crippen LogP contribution is -2.37. The molecule has 4 nitrogen and oxygen atoms in total. The fourth-order valence-electron chi connectivity index (χ4n) is 8.38. The molecule has 0 unspecified atom stereocenters. The number of hydrogen-bond donors (Lipinski definition) is 1. The Balaban J connectivity index is 1.27. The highest BCUT2D eigenvalue weighted by atomic mass is 16.3. The molecule has 3 heterocycles. The van der Waals surface area contributed by atoms with Gasteiger partial charge in [-0.3, -0.25) is 0 Å². The molecule has 0 atom stereocenters. The molecule has 0 saturated carbocycles. The van der Waals surface area contributed by atoms with Crippen molar-refractivity contribution in [1.29, 1.82) is 0 Å². The minimum Gasteiger partial charge on any atom is -0.436 e. The number of anilines is 2. The number of fused-ring (bicyclic) bond motifs is 10. The van der Waals surface area contributed by atoms with Gasteiger partial charge in [0.2, 0.25) is 5.89 Å². The van der Waals surface area contributed by atoms with Crippen LogP contribution in [0.1, 0.15) is 5.56 Å². The van der Waals surface area contributed by atoms with Crippen LogP contribution >= 0.6 is 0 Å². The minimum atomic E-state index is 0.640. The van der Waals surface area contributed by atoms with Crippen molar-refractivity contribution in [3.8, 4) is 28.3 Å². The van der Waals surface area contributed by atoms with Gasteiger partial charge in [-0.2, -0.15) is 0 Å². The topological polar surface area (TPSA) is 43.0 Å². The van der Waals surface area contributed by atoms with Crippen LogP contribution in [0.4, 0.5) is 11.4 Å². The van der Waals surface area contributed by atoms with E-state index in [0.717, 1.165) is 41.0 Å². The molecule has 1 aliphatic rings. The summed E-state index contributed by atoms with van der Waals surface area (Å²) >= 11 is 0. The van der Waals surface area contributed by atoms with E-state index in [1.54, 1.807) is 0 Å². The maximum absolute atomic E-state index is 6.47. The molecule has 0 spiro atoms. The van der Waals surface area contributed by atoms with Crippen molar-refractivity contribution in [2.75, 3.05) is 5.32 Å². The van der Waals surface area contributed by atoms with Gasteiger partial charge in [0.15, 0.2) is 12.9 Å². The molecule has 1 N–H and O–H groups in total. The van der Waals surface area contributed by atoms with Crippen LogP contribution in [0.5, 0.6) is 0 Å². The molecular weight excluding hydrogens is 621 g/mol. The van der Waals surface area contributed by atoms with Crippen LogP contribution in [0.3, 0.4) is 0 Å². The Morgan fingerprint density at radius 1 is 0.647 bits per heavy atom. The first-order valence-electron chi connectivity index (χ1n) is 17.5. The van der Waals surface area contributed by atoms with E-state index in [9.17, 15) is 0 Å². The predicted octanol–water partition coefficient (Wildman–Crippen LogP) is 10.3. The second-order valence-corrected chi connectivity index (χ2v) is 13.7. The van der Waals surface area contributed by atoms with E-state index in [0.29, 0.717) is 5.89 Å². The standard InChI is InChI=1S/C46H30BN3O/c1-27-19-22-30(23-20-27)48-37-18-10-9-17-34(37)41-32-15-7-8-16-33(32)42-35-24-21-28-11-5-6-14-31(28)44(35)50-39-26-38-40(25-36(39)47-43(41)45(42)50)51-46(49-38)29-12-3-2-4-13-29/h2-26,47-48H,1H3. The number of oxazole rings is 1. The highest BCUT2D eigenvalue weighted by Gasteiger charge is 2.30. The van der Waals surface area contributed by atoms with Crippen molar-refractivity contribution in [3.63, 3.8) is 0 Å². The molecule has 5 heteroatoms. The second kappa shape index (κ2) is 10.7. The third kappa shape index (κ3) is 4.18. The van der Waals surface area contributed by atoms with E-state index in [1.165, 1.54) is 71.0 Å². The van der Waals surface area contributed by atoms with Crippen molar-refractivity contribution in [1.82, 2.24) is 9.55 Å². The predicted molar refractivity (Wildman–Crippen MR) is 215 cm³/mol. The number of nitrogens with zero attached hydrogens (tertiary/aromatic N) is 2. The molecule has 0 saturated heterocycles. The first-order chi connectivity index (χ1) is 25.2. The summed E-state index contributed by atoms with van der Waals surface area (Å²) in [5, 5.41) is 11.3. The highest BCUT2D eigenvalue weighted by molar-refractivity contribution is 6.74. The maximum Gasteiger partial charge on any atom is 0.227 e. The van der Waals surface area contributed by atoms with Crippen LogP contribution in [0, 0.1) is 6.92 Å². The SMILES string of the molecule is Cc1ccc(Nc2ccccc2-c2c3c4c(c5ccccc25)c2ccc5ccccc5c2n4-c2cc4nc(-c5ccccc5)oc4cc2B3)cc1. The van der Waals surface area contributed by atoms with Gasteiger partial charge >= 0.3 is 0 Å². The van der Waals surface area contributed by atoms with E-state index >= 15 is 0 Å². The Morgan fingerprint density at radius 2 is 1.39 bits per heavy atom. The van der Waals surface area contributed by atoms with Crippen LogP contribution in [-0.4, -0.2) is 16.8 Å². The average Bonchev–Trinajstić information content (AvgIpc) is 3.76. The third-order valence-electron chi connectivity index (χ3n) is 10.7. The molecule has 1 aliphatic heterocycles. The van der Waals surface area contributed by atoms with Gasteiger partial charge in [0.05, 0.1) is 5.52 Å². The van der Waals surface area contributed by atoms with Gasteiger partial charge in [0.1, 0.15) is 5.52 Å². The zero-order chi connectivity index (χ0) is 33.6. The van der Waals surface area contributed by atoms with Crippen molar-refractivity contribution < 1.29 is 4.42 Å². The Kier molecular flexibility index (Phi) is 5.93. The van der Waals surface area contributed by atoms with Gasteiger partial charge in [-0.15, -0.1) is 0 Å². The van der Waals surface area contributed by atoms with Crippen molar-refractivity contribution in [3.05, 3.63) is 157 Å².